The normalized spacial score (nSPS) is 11.9. The van der Waals surface area contributed by atoms with Crippen molar-refractivity contribution in [2.24, 2.45) is 5.92 Å². The number of nitrogens with zero attached hydrogens (tertiary/aromatic N) is 2. The van der Waals surface area contributed by atoms with Crippen LogP contribution in [0.4, 0.5) is 5.13 Å². The summed E-state index contributed by atoms with van der Waals surface area (Å²) in [6.45, 7) is 4.36. The summed E-state index contributed by atoms with van der Waals surface area (Å²) in [6, 6.07) is 18.9. The Labute approximate surface area is 185 Å². The lowest BCUT2D eigenvalue weighted by atomic mass is 10.1. The standard InChI is InChI=1S/C23H24ClN3O2S/c1-16(2)13-27(22(29)21(24)18-11-7-4-8-12-18)14-20(28)26-23-25-19(15-30-23)17-9-5-3-6-10-17/h3-12,15-16,21H,13-14H2,1-2H3,(H,25,26,28). The molecule has 0 saturated carbocycles. The summed E-state index contributed by atoms with van der Waals surface area (Å²) in [5.74, 6) is -0.378. The minimum Gasteiger partial charge on any atom is -0.332 e. The van der Waals surface area contributed by atoms with Gasteiger partial charge in [0.15, 0.2) is 5.13 Å². The molecule has 30 heavy (non-hydrogen) atoms. The van der Waals surface area contributed by atoms with Crippen molar-refractivity contribution < 1.29 is 9.59 Å². The van der Waals surface area contributed by atoms with E-state index in [9.17, 15) is 9.59 Å². The van der Waals surface area contributed by atoms with Crippen molar-refractivity contribution in [2.75, 3.05) is 18.4 Å². The van der Waals surface area contributed by atoms with Gasteiger partial charge in [-0.3, -0.25) is 9.59 Å². The van der Waals surface area contributed by atoms with Crippen molar-refractivity contribution in [3.8, 4) is 11.3 Å². The zero-order valence-electron chi connectivity index (χ0n) is 16.9. The minimum atomic E-state index is -0.831. The zero-order valence-corrected chi connectivity index (χ0v) is 18.5. The summed E-state index contributed by atoms with van der Waals surface area (Å²) < 4.78 is 0. The molecular formula is C23H24ClN3O2S. The van der Waals surface area contributed by atoms with Crippen LogP contribution in [0, 0.1) is 5.92 Å². The Morgan fingerprint density at radius 3 is 2.33 bits per heavy atom. The van der Waals surface area contributed by atoms with Gasteiger partial charge in [0, 0.05) is 17.5 Å². The molecular weight excluding hydrogens is 418 g/mol. The van der Waals surface area contributed by atoms with Gasteiger partial charge in [0.2, 0.25) is 11.8 Å². The Balaban J connectivity index is 1.67. The lowest BCUT2D eigenvalue weighted by molar-refractivity contribution is -0.135. The van der Waals surface area contributed by atoms with Gasteiger partial charge < -0.3 is 10.2 Å². The molecule has 0 saturated heterocycles. The second-order valence-electron chi connectivity index (χ2n) is 7.34. The van der Waals surface area contributed by atoms with Gasteiger partial charge in [-0.15, -0.1) is 22.9 Å². The highest BCUT2D eigenvalue weighted by Gasteiger charge is 2.26. The van der Waals surface area contributed by atoms with Crippen LogP contribution in [0.15, 0.2) is 66.0 Å². The molecule has 0 bridgehead atoms. The van der Waals surface area contributed by atoms with Crippen LogP contribution >= 0.6 is 22.9 Å². The van der Waals surface area contributed by atoms with Crippen LogP contribution in [-0.4, -0.2) is 34.8 Å². The van der Waals surface area contributed by atoms with Crippen LogP contribution in [0.25, 0.3) is 11.3 Å². The molecule has 0 fully saturated rings. The highest BCUT2D eigenvalue weighted by atomic mass is 35.5. The number of nitrogens with one attached hydrogen (secondary N) is 1. The molecule has 0 aliphatic heterocycles. The summed E-state index contributed by atoms with van der Waals surface area (Å²) in [6.07, 6.45) is 0. The van der Waals surface area contributed by atoms with Crippen molar-refractivity contribution in [2.45, 2.75) is 19.2 Å². The highest BCUT2D eigenvalue weighted by molar-refractivity contribution is 7.14. The SMILES string of the molecule is CC(C)CN(CC(=O)Nc1nc(-c2ccccc2)cs1)C(=O)C(Cl)c1ccccc1. The molecule has 2 amide bonds. The van der Waals surface area contributed by atoms with Crippen LogP contribution in [-0.2, 0) is 9.59 Å². The van der Waals surface area contributed by atoms with Gasteiger partial charge in [-0.1, -0.05) is 74.5 Å². The number of aromatic nitrogens is 1. The molecule has 7 heteroatoms. The Morgan fingerprint density at radius 1 is 1.07 bits per heavy atom. The van der Waals surface area contributed by atoms with Gasteiger partial charge in [-0.05, 0) is 11.5 Å². The summed E-state index contributed by atoms with van der Waals surface area (Å²) >= 11 is 7.77. The molecule has 2 aromatic carbocycles. The number of amides is 2. The number of alkyl halides is 1. The average Bonchev–Trinajstić information content (AvgIpc) is 3.21. The maximum Gasteiger partial charge on any atom is 0.245 e. The summed E-state index contributed by atoms with van der Waals surface area (Å²) in [5.41, 5.74) is 2.50. The van der Waals surface area contributed by atoms with Gasteiger partial charge in [-0.25, -0.2) is 4.98 Å². The van der Waals surface area contributed by atoms with E-state index in [1.54, 1.807) is 0 Å². The van der Waals surface area contributed by atoms with E-state index < -0.39 is 5.38 Å². The van der Waals surface area contributed by atoms with Crippen LogP contribution in [0.1, 0.15) is 24.8 Å². The third-order valence-electron chi connectivity index (χ3n) is 4.36. The largest absolute Gasteiger partial charge is 0.332 e. The number of thiazole rings is 1. The molecule has 3 aromatic rings. The van der Waals surface area contributed by atoms with Crippen LogP contribution in [0.5, 0.6) is 0 Å². The Bertz CT molecular complexity index is 976. The number of hydrogen-bond donors (Lipinski definition) is 1. The molecule has 1 N–H and O–H groups in total. The monoisotopic (exact) mass is 441 g/mol. The highest BCUT2D eigenvalue weighted by Crippen LogP contribution is 2.25. The van der Waals surface area contributed by atoms with Crippen molar-refractivity contribution in [3.05, 3.63) is 71.6 Å². The van der Waals surface area contributed by atoms with E-state index in [0.717, 1.165) is 11.3 Å². The molecule has 5 nitrogen and oxygen atoms in total. The van der Waals surface area contributed by atoms with Crippen molar-refractivity contribution in [1.29, 1.82) is 0 Å². The fourth-order valence-electron chi connectivity index (χ4n) is 3.00. The molecule has 1 aromatic heterocycles. The second kappa shape index (κ2) is 10.4. The van der Waals surface area contributed by atoms with E-state index in [4.69, 9.17) is 11.6 Å². The number of anilines is 1. The quantitative estimate of drug-likeness (QED) is 0.488. The van der Waals surface area contributed by atoms with E-state index in [1.165, 1.54) is 16.2 Å². The van der Waals surface area contributed by atoms with Crippen molar-refractivity contribution in [3.63, 3.8) is 0 Å². The number of carbonyl (C=O) groups excluding carboxylic acids is 2. The first-order valence-electron chi connectivity index (χ1n) is 9.72. The second-order valence-corrected chi connectivity index (χ2v) is 8.63. The van der Waals surface area contributed by atoms with Crippen molar-refractivity contribution >= 4 is 39.9 Å². The summed E-state index contributed by atoms with van der Waals surface area (Å²) in [7, 11) is 0. The van der Waals surface area contributed by atoms with Crippen LogP contribution in [0.3, 0.4) is 0 Å². The number of hydrogen-bond acceptors (Lipinski definition) is 4. The summed E-state index contributed by atoms with van der Waals surface area (Å²) in [4.78, 5) is 31.6. The molecule has 0 aliphatic carbocycles. The van der Waals surface area contributed by atoms with E-state index in [1.807, 2.05) is 79.9 Å². The lowest BCUT2D eigenvalue weighted by Crippen LogP contribution is -2.41. The fraction of sp³-hybridized carbons (Fsp3) is 0.261. The Kier molecular flexibility index (Phi) is 7.60. The van der Waals surface area contributed by atoms with Gasteiger partial charge in [0.25, 0.3) is 0 Å². The predicted octanol–water partition coefficient (Wildman–Crippen LogP) is 5.21. The van der Waals surface area contributed by atoms with E-state index in [0.29, 0.717) is 17.2 Å². The molecule has 1 unspecified atom stereocenters. The van der Waals surface area contributed by atoms with Crippen LogP contribution in [0.2, 0.25) is 0 Å². The third-order valence-corrected chi connectivity index (χ3v) is 5.56. The molecule has 0 aliphatic rings. The van der Waals surface area contributed by atoms with Gasteiger partial charge in [-0.2, -0.15) is 0 Å². The maximum absolute atomic E-state index is 13.0. The lowest BCUT2D eigenvalue weighted by Gasteiger charge is -2.26. The number of halogens is 1. The predicted molar refractivity (Wildman–Crippen MR) is 123 cm³/mol. The first-order valence-corrected chi connectivity index (χ1v) is 11.0. The Hall–Kier alpha value is -2.70. The molecule has 3 rings (SSSR count). The molecule has 1 atom stereocenters. The van der Waals surface area contributed by atoms with Gasteiger partial charge in [0.1, 0.15) is 5.38 Å². The first kappa shape index (κ1) is 22.0. The molecule has 0 spiro atoms. The summed E-state index contributed by atoms with van der Waals surface area (Å²) in [5, 5.41) is 4.37. The fourth-order valence-corrected chi connectivity index (χ4v) is 4.02. The van der Waals surface area contributed by atoms with E-state index >= 15 is 0 Å². The Morgan fingerprint density at radius 2 is 1.70 bits per heavy atom. The smallest absolute Gasteiger partial charge is 0.245 e. The average molecular weight is 442 g/mol. The third kappa shape index (κ3) is 5.90. The first-order chi connectivity index (χ1) is 14.4. The van der Waals surface area contributed by atoms with Crippen molar-refractivity contribution in [1.82, 2.24) is 9.88 Å². The molecule has 156 valence electrons. The number of benzene rings is 2. The van der Waals surface area contributed by atoms with Gasteiger partial charge in [0.05, 0.1) is 12.2 Å². The molecule has 0 radical (unpaired) electrons. The van der Waals surface area contributed by atoms with Crippen LogP contribution < -0.4 is 5.32 Å². The topological polar surface area (TPSA) is 62.3 Å². The number of rotatable bonds is 8. The van der Waals surface area contributed by atoms with E-state index in [2.05, 4.69) is 10.3 Å². The maximum atomic E-state index is 13.0. The number of carbonyl (C=O) groups is 2. The van der Waals surface area contributed by atoms with Gasteiger partial charge >= 0.3 is 0 Å². The zero-order chi connectivity index (χ0) is 21.5. The van der Waals surface area contributed by atoms with E-state index in [-0.39, 0.29) is 24.3 Å². The minimum absolute atomic E-state index is 0.0761. The molecule has 1 heterocycles.